The van der Waals surface area contributed by atoms with E-state index in [1.807, 2.05) is 6.92 Å². The number of carbonyl (C=O) groups is 1. The summed E-state index contributed by atoms with van der Waals surface area (Å²) >= 11 is 1.55. The first-order valence-electron chi connectivity index (χ1n) is 6.37. The third-order valence-electron chi connectivity index (χ3n) is 3.33. The zero-order valence-corrected chi connectivity index (χ0v) is 12.0. The second-order valence-corrected chi connectivity index (χ2v) is 5.92. The molecule has 6 heteroatoms. The fourth-order valence-electron chi connectivity index (χ4n) is 1.88. The standard InChI is InChI=1S/C13H18N2O3S/c1-3-9-14-10(16)6-11(15-9)19-8-13(4-5-13)7-12(17)18-2/h6H,3-5,7-8H2,1-2H3,(H,14,15,16). The van der Waals surface area contributed by atoms with Crippen molar-refractivity contribution in [3.05, 3.63) is 22.2 Å². The summed E-state index contributed by atoms with van der Waals surface area (Å²) < 4.78 is 4.71. The van der Waals surface area contributed by atoms with Gasteiger partial charge in [-0.05, 0) is 18.3 Å². The lowest BCUT2D eigenvalue weighted by Gasteiger charge is -2.12. The molecule has 0 unspecified atom stereocenters. The second kappa shape index (κ2) is 5.77. The number of ether oxygens (including phenoxy) is 1. The van der Waals surface area contributed by atoms with E-state index in [2.05, 4.69) is 9.97 Å². The van der Waals surface area contributed by atoms with E-state index < -0.39 is 0 Å². The highest BCUT2D eigenvalue weighted by Crippen LogP contribution is 2.51. The van der Waals surface area contributed by atoms with E-state index in [-0.39, 0.29) is 16.9 Å². The van der Waals surface area contributed by atoms with Crippen LogP contribution in [0.25, 0.3) is 0 Å². The van der Waals surface area contributed by atoms with Crippen LogP contribution >= 0.6 is 11.8 Å². The molecule has 1 aliphatic rings. The summed E-state index contributed by atoms with van der Waals surface area (Å²) in [7, 11) is 1.41. The van der Waals surface area contributed by atoms with Crippen molar-refractivity contribution in [1.29, 1.82) is 0 Å². The average Bonchev–Trinajstić information content (AvgIpc) is 3.16. The number of rotatable bonds is 6. The van der Waals surface area contributed by atoms with Crippen LogP contribution in [0.3, 0.4) is 0 Å². The third kappa shape index (κ3) is 3.83. The minimum atomic E-state index is -0.161. The van der Waals surface area contributed by atoms with Crippen molar-refractivity contribution in [3.63, 3.8) is 0 Å². The molecule has 1 fully saturated rings. The Labute approximate surface area is 116 Å². The Morgan fingerprint density at radius 3 is 2.89 bits per heavy atom. The van der Waals surface area contributed by atoms with E-state index in [1.54, 1.807) is 11.8 Å². The Kier molecular flexibility index (Phi) is 4.29. The van der Waals surface area contributed by atoms with Gasteiger partial charge in [0.05, 0.1) is 13.5 Å². The van der Waals surface area contributed by atoms with Crippen LogP contribution < -0.4 is 5.56 Å². The lowest BCUT2D eigenvalue weighted by Crippen LogP contribution is -2.14. The molecule has 1 aromatic rings. The van der Waals surface area contributed by atoms with Crippen LogP contribution in [0.15, 0.2) is 15.9 Å². The molecule has 0 bridgehead atoms. The SMILES string of the molecule is CCc1nc(SCC2(CC(=O)OC)CC2)cc(=O)[nH]1. The van der Waals surface area contributed by atoms with Gasteiger partial charge in [0.15, 0.2) is 0 Å². The Morgan fingerprint density at radius 1 is 1.58 bits per heavy atom. The van der Waals surface area contributed by atoms with Crippen molar-refractivity contribution in [1.82, 2.24) is 9.97 Å². The van der Waals surface area contributed by atoms with Gasteiger partial charge in [0, 0.05) is 18.2 Å². The van der Waals surface area contributed by atoms with Crippen molar-refractivity contribution < 1.29 is 9.53 Å². The van der Waals surface area contributed by atoms with Crippen molar-refractivity contribution in [2.75, 3.05) is 12.9 Å². The van der Waals surface area contributed by atoms with Crippen molar-refractivity contribution >= 4 is 17.7 Å². The molecule has 0 spiro atoms. The maximum atomic E-state index is 11.5. The molecule has 0 aromatic carbocycles. The van der Waals surface area contributed by atoms with E-state index in [1.165, 1.54) is 13.2 Å². The van der Waals surface area contributed by atoms with Crippen LogP contribution in [0.1, 0.15) is 32.0 Å². The molecule has 1 N–H and O–H groups in total. The van der Waals surface area contributed by atoms with Gasteiger partial charge in [0.1, 0.15) is 10.9 Å². The fourth-order valence-corrected chi connectivity index (χ4v) is 3.09. The zero-order valence-electron chi connectivity index (χ0n) is 11.2. The summed E-state index contributed by atoms with van der Waals surface area (Å²) in [6.07, 6.45) is 3.25. The summed E-state index contributed by atoms with van der Waals surface area (Å²) in [6.45, 7) is 1.95. The molecule has 5 nitrogen and oxygen atoms in total. The molecular weight excluding hydrogens is 264 g/mol. The molecule has 0 radical (unpaired) electrons. The zero-order chi connectivity index (χ0) is 13.9. The van der Waals surface area contributed by atoms with Gasteiger partial charge in [-0.3, -0.25) is 9.59 Å². The van der Waals surface area contributed by atoms with Gasteiger partial charge in [-0.25, -0.2) is 4.98 Å². The Bertz CT molecular complexity index is 523. The van der Waals surface area contributed by atoms with Crippen molar-refractivity contribution in [2.45, 2.75) is 37.6 Å². The monoisotopic (exact) mass is 282 g/mol. The fraction of sp³-hybridized carbons (Fsp3) is 0.615. The number of carbonyl (C=O) groups excluding carboxylic acids is 1. The summed E-state index contributed by atoms with van der Waals surface area (Å²) in [4.78, 5) is 29.9. The molecule has 104 valence electrons. The number of aromatic amines is 1. The first-order valence-corrected chi connectivity index (χ1v) is 7.35. The topological polar surface area (TPSA) is 72.0 Å². The molecule has 1 heterocycles. The minimum Gasteiger partial charge on any atom is -0.469 e. The predicted octanol–water partition coefficient (Wildman–Crippen LogP) is 1.77. The number of H-pyrrole nitrogens is 1. The van der Waals surface area contributed by atoms with Crippen LogP contribution in [0.2, 0.25) is 0 Å². The normalized spacial score (nSPS) is 16.1. The summed E-state index contributed by atoms with van der Waals surface area (Å²) in [6, 6.07) is 1.51. The van der Waals surface area contributed by atoms with Crippen LogP contribution in [0.4, 0.5) is 0 Å². The number of methoxy groups -OCH3 is 1. The molecular formula is C13H18N2O3S. The van der Waals surface area contributed by atoms with Crippen LogP contribution in [-0.4, -0.2) is 28.8 Å². The highest BCUT2D eigenvalue weighted by Gasteiger charge is 2.44. The molecule has 19 heavy (non-hydrogen) atoms. The lowest BCUT2D eigenvalue weighted by atomic mass is 10.1. The lowest BCUT2D eigenvalue weighted by molar-refractivity contribution is -0.141. The predicted molar refractivity (Wildman–Crippen MR) is 73.3 cm³/mol. The number of hydrogen-bond donors (Lipinski definition) is 1. The molecule has 0 saturated heterocycles. The van der Waals surface area contributed by atoms with E-state index >= 15 is 0 Å². The summed E-state index contributed by atoms with van der Waals surface area (Å²) in [5.41, 5.74) is -0.0683. The van der Waals surface area contributed by atoms with Gasteiger partial charge in [-0.15, -0.1) is 11.8 Å². The van der Waals surface area contributed by atoms with E-state index in [0.717, 1.165) is 23.6 Å². The van der Waals surface area contributed by atoms with Gasteiger partial charge in [0.25, 0.3) is 5.56 Å². The third-order valence-corrected chi connectivity index (χ3v) is 4.59. The van der Waals surface area contributed by atoms with E-state index in [4.69, 9.17) is 4.74 Å². The number of esters is 1. The Hall–Kier alpha value is -1.30. The number of nitrogens with zero attached hydrogens (tertiary/aromatic N) is 1. The van der Waals surface area contributed by atoms with Crippen molar-refractivity contribution in [3.8, 4) is 0 Å². The average molecular weight is 282 g/mol. The van der Waals surface area contributed by atoms with Gasteiger partial charge in [-0.2, -0.15) is 0 Å². The number of aryl methyl sites for hydroxylation is 1. The first kappa shape index (κ1) is 14.1. The Balaban J connectivity index is 1.97. The van der Waals surface area contributed by atoms with Gasteiger partial charge in [0.2, 0.25) is 0 Å². The number of aromatic nitrogens is 2. The highest BCUT2D eigenvalue weighted by atomic mass is 32.2. The van der Waals surface area contributed by atoms with E-state index in [0.29, 0.717) is 18.7 Å². The van der Waals surface area contributed by atoms with Crippen LogP contribution in [0.5, 0.6) is 0 Å². The maximum absolute atomic E-state index is 11.5. The summed E-state index contributed by atoms with van der Waals surface area (Å²) in [5.74, 6) is 1.35. The Morgan fingerprint density at radius 2 is 2.32 bits per heavy atom. The van der Waals surface area contributed by atoms with Gasteiger partial charge >= 0.3 is 5.97 Å². The maximum Gasteiger partial charge on any atom is 0.306 e. The first-order chi connectivity index (χ1) is 9.07. The van der Waals surface area contributed by atoms with E-state index in [9.17, 15) is 9.59 Å². The number of hydrogen-bond acceptors (Lipinski definition) is 5. The largest absolute Gasteiger partial charge is 0.469 e. The molecule has 0 aliphatic heterocycles. The molecule has 1 aliphatic carbocycles. The van der Waals surface area contributed by atoms with Gasteiger partial charge < -0.3 is 9.72 Å². The molecule has 1 aromatic heterocycles. The van der Waals surface area contributed by atoms with Crippen LogP contribution in [-0.2, 0) is 16.0 Å². The molecule has 1 saturated carbocycles. The minimum absolute atomic E-state index is 0.0500. The quantitative estimate of drug-likeness (QED) is 0.489. The van der Waals surface area contributed by atoms with Crippen LogP contribution in [0, 0.1) is 5.41 Å². The molecule has 0 atom stereocenters. The van der Waals surface area contributed by atoms with Gasteiger partial charge in [-0.1, -0.05) is 6.92 Å². The highest BCUT2D eigenvalue weighted by molar-refractivity contribution is 7.99. The second-order valence-electron chi connectivity index (χ2n) is 4.93. The number of nitrogens with one attached hydrogen (secondary N) is 1. The summed E-state index contributed by atoms with van der Waals surface area (Å²) in [5, 5.41) is 0.733. The molecule has 2 rings (SSSR count). The smallest absolute Gasteiger partial charge is 0.306 e. The molecule has 0 amide bonds. The van der Waals surface area contributed by atoms with Crippen molar-refractivity contribution in [2.24, 2.45) is 5.41 Å². The number of thioether (sulfide) groups is 1.